The Morgan fingerprint density at radius 2 is 1.86 bits per heavy atom. The maximum Gasteiger partial charge on any atom is 0.306 e. The fourth-order valence-corrected chi connectivity index (χ4v) is 7.24. The Hall–Kier alpha value is -1.44. The van der Waals surface area contributed by atoms with Gasteiger partial charge in [-0.1, -0.05) is 20.8 Å². The highest BCUT2D eigenvalue weighted by molar-refractivity contribution is 5.99. The molecule has 2 saturated carbocycles. The van der Waals surface area contributed by atoms with Crippen LogP contribution in [0.3, 0.4) is 0 Å². The molecule has 7 nitrogen and oxygen atoms in total. The second kappa shape index (κ2) is 5.80. The molecule has 1 heterocycles. The Kier molecular flexibility index (Phi) is 4.11. The summed E-state index contributed by atoms with van der Waals surface area (Å²) in [6.45, 7) is 7.16. The smallest absolute Gasteiger partial charge is 0.306 e. The summed E-state index contributed by atoms with van der Waals surface area (Å²) < 4.78 is 11.1. The lowest BCUT2D eigenvalue weighted by atomic mass is 9.37. The Labute approximate surface area is 164 Å². The first kappa shape index (κ1) is 19.9. The van der Waals surface area contributed by atoms with Crippen LogP contribution in [0.1, 0.15) is 40.5 Å². The van der Waals surface area contributed by atoms with Gasteiger partial charge in [-0.2, -0.15) is 0 Å². The van der Waals surface area contributed by atoms with Crippen LogP contribution < -0.4 is 0 Å². The molecule has 0 radical (unpaired) electrons. The molecule has 0 bridgehead atoms. The number of hydrogen-bond acceptors (Lipinski definition) is 7. The van der Waals surface area contributed by atoms with Crippen LogP contribution in [0.15, 0.2) is 11.8 Å². The average molecular weight is 394 g/mol. The van der Waals surface area contributed by atoms with E-state index in [0.29, 0.717) is 6.42 Å². The summed E-state index contributed by atoms with van der Waals surface area (Å²) in [5.41, 5.74) is -3.54. The third-order valence-electron chi connectivity index (χ3n) is 8.59. The van der Waals surface area contributed by atoms with Crippen LogP contribution in [-0.4, -0.2) is 58.1 Å². The minimum Gasteiger partial charge on any atom is -0.493 e. The zero-order valence-corrected chi connectivity index (χ0v) is 17.0. The van der Waals surface area contributed by atoms with Gasteiger partial charge < -0.3 is 24.8 Å². The number of esters is 1. The van der Waals surface area contributed by atoms with Crippen molar-refractivity contribution in [1.29, 1.82) is 0 Å². The molecule has 4 unspecified atom stereocenters. The molecule has 0 aromatic carbocycles. The van der Waals surface area contributed by atoms with E-state index in [-0.39, 0.29) is 29.8 Å². The van der Waals surface area contributed by atoms with Crippen LogP contribution in [0.25, 0.3) is 0 Å². The molecule has 4 rings (SSSR count). The van der Waals surface area contributed by atoms with E-state index < -0.39 is 52.5 Å². The number of aliphatic hydroxyl groups excluding tert-OH is 2. The molecule has 0 spiro atoms. The van der Waals surface area contributed by atoms with Crippen molar-refractivity contribution in [2.45, 2.75) is 64.4 Å². The summed E-state index contributed by atoms with van der Waals surface area (Å²) in [6, 6.07) is 0. The second-order valence-electron chi connectivity index (χ2n) is 9.79. The molecule has 10 atom stereocenters. The summed E-state index contributed by atoms with van der Waals surface area (Å²) in [5, 5.41) is 33.1. The van der Waals surface area contributed by atoms with Gasteiger partial charge in [0.1, 0.15) is 12.2 Å². The Bertz CT molecular complexity index is 758. The van der Waals surface area contributed by atoms with E-state index in [0.717, 1.165) is 0 Å². The first-order chi connectivity index (χ1) is 12.9. The van der Waals surface area contributed by atoms with Gasteiger partial charge in [0.2, 0.25) is 5.78 Å². The largest absolute Gasteiger partial charge is 0.493 e. The van der Waals surface area contributed by atoms with Gasteiger partial charge in [0.05, 0.1) is 25.2 Å². The van der Waals surface area contributed by atoms with Gasteiger partial charge >= 0.3 is 5.97 Å². The third-order valence-corrected chi connectivity index (χ3v) is 8.59. The lowest BCUT2D eigenvalue weighted by molar-refractivity contribution is -0.312. The summed E-state index contributed by atoms with van der Waals surface area (Å²) >= 11 is 0. The number of ketones is 1. The van der Waals surface area contributed by atoms with E-state index in [1.165, 1.54) is 14.0 Å². The Morgan fingerprint density at radius 3 is 2.46 bits per heavy atom. The minimum atomic E-state index is -1.67. The van der Waals surface area contributed by atoms with Crippen molar-refractivity contribution in [3.8, 4) is 0 Å². The van der Waals surface area contributed by atoms with Crippen molar-refractivity contribution >= 4 is 11.8 Å². The molecule has 1 saturated heterocycles. The zero-order valence-electron chi connectivity index (χ0n) is 17.0. The maximum atomic E-state index is 13.5. The number of allylic oxidation sites excluding steroid dienone is 2. The van der Waals surface area contributed by atoms with E-state index in [2.05, 4.69) is 0 Å². The standard InChI is InChI=1S/C21H30O7/c1-9-6-11(27-5)17(24)19(2)10(9)7-13-20(3)12(8-14(22)28-13)21(4,26)18(25)15(23)16(19)20/h6,9-10,12-13,15-16,18,23,25-26H,7-8H2,1-5H3/t9?,10?,12-,13-,15?,16?,18-,19+,20-,21+/m1/s1. The van der Waals surface area contributed by atoms with Crippen LogP contribution in [0, 0.1) is 34.5 Å². The molecule has 1 aliphatic heterocycles. The maximum absolute atomic E-state index is 13.5. The highest BCUT2D eigenvalue weighted by atomic mass is 16.5. The quantitative estimate of drug-likeness (QED) is 0.564. The van der Waals surface area contributed by atoms with Gasteiger partial charge in [0.25, 0.3) is 0 Å². The van der Waals surface area contributed by atoms with E-state index in [1.807, 2.05) is 20.8 Å². The summed E-state index contributed by atoms with van der Waals surface area (Å²) in [5.74, 6) is -1.89. The molecule has 0 aromatic heterocycles. The first-order valence-electron chi connectivity index (χ1n) is 10.00. The predicted molar refractivity (Wildman–Crippen MR) is 97.7 cm³/mol. The zero-order chi connectivity index (χ0) is 20.8. The second-order valence-corrected chi connectivity index (χ2v) is 9.79. The van der Waals surface area contributed by atoms with Crippen molar-refractivity contribution < 1.29 is 34.4 Å². The lowest BCUT2D eigenvalue weighted by Crippen LogP contribution is -2.77. The molecular weight excluding hydrogens is 364 g/mol. The summed E-state index contributed by atoms with van der Waals surface area (Å²) in [7, 11) is 1.45. The fraction of sp³-hybridized carbons (Fsp3) is 0.810. The average Bonchev–Trinajstić information content (AvgIpc) is 2.62. The molecule has 3 N–H and O–H groups in total. The highest BCUT2D eigenvalue weighted by Gasteiger charge is 2.75. The van der Waals surface area contributed by atoms with Crippen molar-refractivity contribution in [2.24, 2.45) is 34.5 Å². The Morgan fingerprint density at radius 1 is 1.21 bits per heavy atom. The number of Topliss-reactive ketones (excluding diaryl/α,β-unsaturated/α-hetero) is 1. The van der Waals surface area contributed by atoms with Crippen molar-refractivity contribution in [3.63, 3.8) is 0 Å². The topological polar surface area (TPSA) is 113 Å². The molecule has 3 fully saturated rings. The van der Waals surface area contributed by atoms with Crippen LogP contribution in [0.5, 0.6) is 0 Å². The van der Waals surface area contributed by atoms with Gasteiger partial charge in [-0.25, -0.2) is 0 Å². The highest BCUT2D eigenvalue weighted by Crippen LogP contribution is 2.68. The molecule has 28 heavy (non-hydrogen) atoms. The van der Waals surface area contributed by atoms with E-state index >= 15 is 0 Å². The van der Waals surface area contributed by atoms with E-state index in [9.17, 15) is 24.9 Å². The number of carbonyl (C=O) groups excluding carboxylic acids is 2. The SMILES string of the molecule is COC1=CC(C)C2C[C@H]3OC(=O)C[C@H]4[C@](C)(O)[C@H](O)C(O)C([C@@]2(C)C1=O)[C@@]34C. The number of ether oxygens (including phenoxy) is 2. The van der Waals surface area contributed by atoms with Gasteiger partial charge in [-0.3, -0.25) is 9.59 Å². The Balaban J connectivity index is 1.95. The van der Waals surface area contributed by atoms with Crippen LogP contribution in [0.4, 0.5) is 0 Å². The number of aliphatic hydroxyl groups is 3. The molecule has 7 heteroatoms. The van der Waals surface area contributed by atoms with E-state index in [4.69, 9.17) is 9.47 Å². The van der Waals surface area contributed by atoms with Crippen molar-refractivity contribution in [1.82, 2.24) is 0 Å². The first-order valence-corrected chi connectivity index (χ1v) is 10.00. The van der Waals surface area contributed by atoms with Crippen molar-refractivity contribution in [3.05, 3.63) is 11.8 Å². The third kappa shape index (κ3) is 2.10. The number of methoxy groups -OCH3 is 1. The summed E-state index contributed by atoms with van der Waals surface area (Å²) in [4.78, 5) is 25.8. The molecule has 0 aromatic rings. The monoisotopic (exact) mass is 394 g/mol. The lowest BCUT2D eigenvalue weighted by Gasteiger charge is -2.69. The summed E-state index contributed by atoms with van der Waals surface area (Å²) in [6.07, 6.45) is -1.15. The predicted octanol–water partition coefficient (Wildman–Crippen LogP) is 0.802. The number of carbonyl (C=O) groups is 2. The molecule has 3 aliphatic carbocycles. The number of fused-ring (bicyclic) bond motifs is 2. The van der Waals surface area contributed by atoms with Gasteiger partial charge in [-0.15, -0.1) is 0 Å². The van der Waals surface area contributed by atoms with E-state index in [1.54, 1.807) is 6.08 Å². The molecular formula is C21H30O7. The van der Waals surface area contributed by atoms with Gasteiger partial charge in [-0.05, 0) is 31.3 Å². The van der Waals surface area contributed by atoms with Crippen LogP contribution >= 0.6 is 0 Å². The number of hydrogen-bond donors (Lipinski definition) is 3. The van der Waals surface area contributed by atoms with Crippen LogP contribution in [-0.2, 0) is 19.1 Å². The van der Waals surface area contributed by atoms with Gasteiger partial charge in [0, 0.05) is 22.7 Å². The van der Waals surface area contributed by atoms with Gasteiger partial charge in [0.15, 0.2) is 5.76 Å². The number of rotatable bonds is 1. The van der Waals surface area contributed by atoms with Crippen LogP contribution in [0.2, 0.25) is 0 Å². The molecule has 0 amide bonds. The normalized spacial score (nSPS) is 55.6. The minimum absolute atomic E-state index is 0.0342. The molecule has 4 aliphatic rings. The fourth-order valence-electron chi connectivity index (χ4n) is 7.24. The van der Waals surface area contributed by atoms with Crippen molar-refractivity contribution in [2.75, 3.05) is 7.11 Å². The molecule has 156 valence electrons.